The van der Waals surface area contributed by atoms with Crippen molar-refractivity contribution < 1.29 is 48.9 Å². The standard InChI is InChI=1S/2C15H19ClF2NO.2C5H5.Ti/c2*1-4-12(19-14(20)15(2,3)9-16)7-10-5-6-11(17)8-13(10)18;2*1-2-4-5-3-1;/h2*5-6,12H,4,7,9H2,1-3H3,(H,19,20);2*1-3H,4H2;/q4*-1;+4. The number of benzene rings is 2. The van der Waals surface area contributed by atoms with Crippen LogP contribution in [0.1, 0.15) is 78.4 Å². The molecule has 11 heteroatoms. The van der Waals surface area contributed by atoms with E-state index < -0.39 is 34.1 Å². The number of hydrogen-bond acceptors (Lipinski definition) is 2. The fourth-order valence-corrected chi connectivity index (χ4v) is 4.19. The van der Waals surface area contributed by atoms with Gasteiger partial charge in [0.25, 0.3) is 0 Å². The van der Waals surface area contributed by atoms with Crippen LogP contribution < -0.4 is 10.6 Å². The quantitative estimate of drug-likeness (QED) is 0.0976. The summed E-state index contributed by atoms with van der Waals surface area (Å²) in [6.07, 6.45) is 21.9. The Hall–Kier alpha value is -2.65. The Morgan fingerprint density at radius 2 is 1.06 bits per heavy atom. The molecule has 0 fully saturated rings. The number of carbonyl (C=O) groups excluding carboxylic acids is 2. The molecule has 0 aliphatic heterocycles. The molecule has 2 aromatic carbocycles. The SMILES string of the molecule is CCC(Cc1ccc(F)[c-]c1F)NC(=O)C(C)(C)CCl.CCC(Cc1ccc(F)[c-]c1F)NC(=O)C(C)(C)CCl.[C-]1=CC=CC1.[C-]1=CC=CC1.[Ti+4]. The summed E-state index contributed by atoms with van der Waals surface area (Å²) in [6.45, 7) is 10.8. The molecule has 51 heavy (non-hydrogen) atoms. The number of nitrogens with one attached hydrogen (secondary N) is 2. The zero-order chi connectivity index (χ0) is 37.7. The van der Waals surface area contributed by atoms with Gasteiger partial charge < -0.3 is 10.6 Å². The molecule has 2 unspecified atom stereocenters. The van der Waals surface area contributed by atoms with Gasteiger partial charge in [-0.1, -0.05) is 26.7 Å². The Kier molecular flexibility index (Phi) is 24.0. The molecular weight excluding hydrogens is 735 g/mol. The Balaban J connectivity index is 0.000000754. The van der Waals surface area contributed by atoms with Crippen LogP contribution in [0.4, 0.5) is 17.6 Å². The van der Waals surface area contributed by atoms with Crippen LogP contribution in [0.5, 0.6) is 0 Å². The van der Waals surface area contributed by atoms with Crippen molar-refractivity contribution in [1.29, 1.82) is 0 Å². The molecule has 4 nitrogen and oxygen atoms in total. The van der Waals surface area contributed by atoms with Gasteiger partial charge in [-0.2, -0.15) is 24.3 Å². The summed E-state index contributed by atoms with van der Waals surface area (Å²) < 4.78 is 52.7. The van der Waals surface area contributed by atoms with Crippen LogP contribution in [-0.2, 0) is 44.1 Å². The van der Waals surface area contributed by atoms with E-state index in [1.807, 2.05) is 50.3 Å². The minimum atomic E-state index is -0.730. The van der Waals surface area contributed by atoms with Gasteiger partial charge in [-0.15, -0.1) is 71.4 Å². The van der Waals surface area contributed by atoms with E-state index in [1.54, 1.807) is 27.7 Å². The molecule has 0 radical (unpaired) electrons. The smallest absolute Gasteiger partial charge is 0.354 e. The van der Waals surface area contributed by atoms with Gasteiger partial charge in [0.2, 0.25) is 11.8 Å². The molecule has 2 aliphatic rings. The molecular formula is C40H48Cl2F4N2O2Ti. The molecule has 0 saturated carbocycles. The Labute approximate surface area is 327 Å². The average molecular weight is 784 g/mol. The van der Waals surface area contributed by atoms with Gasteiger partial charge in [0.05, 0.1) is 10.8 Å². The molecule has 0 bridgehead atoms. The minimum Gasteiger partial charge on any atom is -0.354 e. The molecule has 0 heterocycles. The van der Waals surface area contributed by atoms with Crippen molar-refractivity contribution in [2.24, 2.45) is 10.8 Å². The number of hydrogen-bond donors (Lipinski definition) is 2. The third kappa shape index (κ3) is 19.1. The van der Waals surface area contributed by atoms with Crippen molar-refractivity contribution in [1.82, 2.24) is 10.6 Å². The zero-order valence-corrected chi connectivity index (χ0v) is 33.2. The number of halogens is 6. The van der Waals surface area contributed by atoms with Crippen LogP contribution in [0.25, 0.3) is 0 Å². The summed E-state index contributed by atoms with van der Waals surface area (Å²) in [5.74, 6) is -2.83. The third-order valence-corrected chi connectivity index (χ3v) is 8.88. The first-order valence-electron chi connectivity index (χ1n) is 16.5. The zero-order valence-electron chi connectivity index (χ0n) is 30.2. The van der Waals surface area contributed by atoms with Gasteiger partial charge in [-0.05, 0) is 40.5 Å². The van der Waals surface area contributed by atoms with Crippen LogP contribution in [0.15, 0.2) is 60.7 Å². The van der Waals surface area contributed by atoms with E-state index in [2.05, 4.69) is 34.9 Å². The maximum atomic E-state index is 13.6. The number of alkyl halides is 2. The molecule has 0 spiro atoms. The first-order valence-corrected chi connectivity index (χ1v) is 17.6. The molecule has 276 valence electrons. The van der Waals surface area contributed by atoms with E-state index in [9.17, 15) is 27.2 Å². The summed E-state index contributed by atoms with van der Waals surface area (Å²) in [5, 5.41) is 5.70. The molecule has 2 aliphatic carbocycles. The second-order valence-electron chi connectivity index (χ2n) is 12.9. The van der Waals surface area contributed by atoms with Gasteiger partial charge in [0.1, 0.15) is 0 Å². The van der Waals surface area contributed by atoms with E-state index in [0.29, 0.717) is 36.8 Å². The van der Waals surface area contributed by atoms with Crippen molar-refractivity contribution in [3.8, 4) is 0 Å². The summed E-state index contributed by atoms with van der Waals surface area (Å²) in [5.41, 5.74) is -0.685. The normalized spacial score (nSPS) is 13.7. The average Bonchev–Trinajstić information content (AvgIpc) is 3.87. The Morgan fingerprint density at radius 1 is 0.706 bits per heavy atom. The molecule has 0 aromatic heterocycles. The summed E-state index contributed by atoms with van der Waals surface area (Å²) in [6, 6.07) is 8.62. The van der Waals surface area contributed by atoms with Crippen molar-refractivity contribution in [2.75, 3.05) is 11.8 Å². The van der Waals surface area contributed by atoms with E-state index in [1.165, 1.54) is 12.1 Å². The van der Waals surface area contributed by atoms with Crippen LogP contribution in [0.2, 0.25) is 0 Å². The third-order valence-electron chi connectivity index (χ3n) is 7.54. The number of amides is 2. The van der Waals surface area contributed by atoms with E-state index in [0.717, 1.165) is 25.0 Å². The fraction of sp³-hybridized carbons (Fsp3) is 0.450. The molecule has 2 aromatic rings. The van der Waals surface area contributed by atoms with Crippen molar-refractivity contribution in [2.45, 2.75) is 92.2 Å². The van der Waals surface area contributed by atoms with Crippen molar-refractivity contribution >= 4 is 35.0 Å². The van der Waals surface area contributed by atoms with E-state index in [-0.39, 0.29) is 57.4 Å². The van der Waals surface area contributed by atoms with Crippen LogP contribution in [0, 0.1) is 58.4 Å². The maximum Gasteiger partial charge on any atom is 4.00 e. The predicted octanol–water partition coefficient (Wildman–Crippen LogP) is 9.54. The van der Waals surface area contributed by atoms with E-state index in [4.69, 9.17) is 23.2 Å². The molecule has 2 atom stereocenters. The summed E-state index contributed by atoms with van der Waals surface area (Å²) in [4.78, 5) is 24.1. The minimum absolute atomic E-state index is 0. The molecule has 2 amide bonds. The number of allylic oxidation sites excluding steroid dienone is 8. The Bertz CT molecular complexity index is 1350. The maximum absolute atomic E-state index is 13.6. The first-order chi connectivity index (χ1) is 23.6. The second-order valence-corrected chi connectivity index (χ2v) is 13.4. The van der Waals surface area contributed by atoms with Gasteiger partial charge in [0, 0.05) is 47.1 Å². The number of rotatable bonds is 12. The van der Waals surface area contributed by atoms with Crippen LogP contribution in [-0.4, -0.2) is 35.7 Å². The molecule has 4 rings (SSSR count). The largest absolute Gasteiger partial charge is 4.00 e. The molecule has 0 saturated heterocycles. The van der Waals surface area contributed by atoms with Gasteiger partial charge in [-0.3, -0.25) is 21.7 Å². The monoisotopic (exact) mass is 782 g/mol. The van der Waals surface area contributed by atoms with E-state index >= 15 is 0 Å². The predicted molar refractivity (Wildman–Crippen MR) is 194 cm³/mol. The van der Waals surface area contributed by atoms with Crippen molar-refractivity contribution in [3.05, 3.63) is 119 Å². The second kappa shape index (κ2) is 25.4. The summed E-state index contributed by atoms with van der Waals surface area (Å²) in [7, 11) is 0. The summed E-state index contributed by atoms with van der Waals surface area (Å²) >= 11 is 11.5. The van der Waals surface area contributed by atoms with Gasteiger partial charge >= 0.3 is 21.7 Å². The topological polar surface area (TPSA) is 58.2 Å². The fourth-order valence-electron chi connectivity index (χ4n) is 3.95. The van der Waals surface area contributed by atoms with Gasteiger partial charge in [0.15, 0.2) is 0 Å². The van der Waals surface area contributed by atoms with Crippen LogP contribution >= 0.6 is 23.2 Å². The first kappa shape index (κ1) is 48.4. The molecule has 2 N–H and O–H groups in total. The van der Waals surface area contributed by atoms with Gasteiger partial charge in [-0.25, -0.2) is 41.9 Å². The van der Waals surface area contributed by atoms with Crippen LogP contribution in [0.3, 0.4) is 0 Å². The van der Waals surface area contributed by atoms with Crippen molar-refractivity contribution in [3.63, 3.8) is 0 Å². The number of carbonyl (C=O) groups is 2. The Morgan fingerprint density at radius 3 is 1.27 bits per heavy atom.